The van der Waals surface area contributed by atoms with E-state index in [0.717, 1.165) is 22.4 Å². The van der Waals surface area contributed by atoms with Crippen LogP contribution in [0.1, 0.15) is 11.7 Å². The number of benzene rings is 2. The Morgan fingerprint density at radius 3 is 2.86 bits per heavy atom. The van der Waals surface area contributed by atoms with Crippen LogP contribution in [-0.2, 0) is 0 Å². The Kier molecular flexibility index (Phi) is 3.39. The Labute approximate surface area is 122 Å². The van der Waals surface area contributed by atoms with Crippen molar-refractivity contribution in [2.45, 2.75) is 6.10 Å². The summed E-state index contributed by atoms with van der Waals surface area (Å²) in [7, 11) is 1.62. The molecule has 1 aliphatic heterocycles. The molecule has 2 aromatic carbocycles. The monoisotopic (exact) mass is 285 g/mol. The number of rotatable bonds is 3. The van der Waals surface area contributed by atoms with Gasteiger partial charge in [-0.1, -0.05) is 30.3 Å². The van der Waals surface area contributed by atoms with Gasteiger partial charge in [-0.15, -0.1) is 0 Å². The summed E-state index contributed by atoms with van der Waals surface area (Å²) >= 11 is 0. The van der Waals surface area contributed by atoms with Crippen molar-refractivity contribution in [2.24, 2.45) is 0 Å². The first kappa shape index (κ1) is 13.3. The van der Waals surface area contributed by atoms with E-state index in [1.54, 1.807) is 7.11 Å². The van der Waals surface area contributed by atoms with Crippen LogP contribution in [0.4, 0.5) is 4.79 Å². The van der Waals surface area contributed by atoms with Crippen molar-refractivity contribution in [2.75, 3.05) is 13.7 Å². The summed E-state index contributed by atoms with van der Waals surface area (Å²) in [6, 6.07) is 13.4. The first-order valence-electron chi connectivity index (χ1n) is 6.60. The summed E-state index contributed by atoms with van der Waals surface area (Å²) in [5.74, 6) is 1.44. The second-order valence-corrected chi connectivity index (χ2v) is 4.71. The number of ether oxygens (including phenoxy) is 2. The van der Waals surface area contributed by atoms with E-state index in [9.17, 15) is 4.79 Å². The maximum absolute atomic E-state index is 10.7. The summed E-state index contributed by atoms with van der Waals surface area (Å²) in [5, 5.41) is 11.2. The number of carbonyl (C=O) groups is 1. The quantitative estimate of drug-likeness (QED) is 0.909. The molecule has 21 heavy (non-hydrogen) atoms. The standard InChI is InChI=1S/C16H15NO4/c1-20-12-7-4-8-13-15(12)11-6-3-2-5-10(11)14(21-13)9-17-16(18)19/h2-8,14,17H,9H2,1H3,(H,18,19). The van der Waals surface area contributed by atoms with Gasteiger partial charge in [-0.05, 0) is 17.7 Å². The molecule has 0 aromatic heterocycles. The number of amides is 1. The van der Waals surface area contributed by atoms with Gasteiger partial charge in [0, 0.05) is 5.56 Å². The van der Waals surface area contributed by atoms with E-state index in [-0.39, 0.29) is 12.6 Å². The number of hydrogen-bond acceptors (Lipinski definition) is 3. The smallest absolute Gasteiger partial charge is 0.404 e. The zero-order chi connectivity index (χ0) is 14.8. The van der Waals surface area contributed by atoms with Gasteiger partial charge in [0.1, 0.15) is 17.6 Å². The molecule has 1 aliphatic rings. The number of fused-ring (bicyclic) bond motifs is 3. The van der Waals surface area contributed by atoms with Gasteiger partial charge in [0.25, 0.3) is 0 Å². The fraction of sp³-hybridized carbons (Fsp3) is 0.188. The Morgan fingerprint density at radius 1 is 1.29 bits per heavy atom. The lowest BCUT2D eigenvalue weighted by Gasteiger charge is -2.29. The van der Waals surface area contributed by atoms with Gasteiger partial charge in [0.2, 0.25) is 0 Å². The van der Waals surface area contributed by atoms with Crippen LogP contribution in [0.25, 0.3) is 11.1 Å². The van der Waals surface area contributed by atoms with E-state index < -0.39 is 6.09 Å². The molecule has 108 valence electrons. The highest BCUT2D eigenvalue weighted by Crippen LogP contribution is 2.46. The second kappa shape index (κ2) is 5.36. The van der Waals surface area contributed by atoms with Crippen molar-refractivity contribution in [3.63, 3.8) is 0 Å². The zero-order valence-electron chi connectivity index (χ0n) is 11.5. The number of carboxylic acid groups (broad SMARTS) is 1. The predicted octanol–water partition coefficient (Wildman–Crippen LogP) is 3.06. The first-order valence-corrected chi connectivity index (χ1v) is 6.60. The molecule has 1 heterocycles. The number of methoxy groups -OCH3 is 1. The van der Waals surface area contributed by atoms with Gasteiger partial charge >= 0.3 is 6.09 Å². The van der Waals surface area contributed by atoms with Crippen molar-refractivity contribution in [3.05, 3.63) is 48.0 Å². The molecular weight excluding hydrogens is 270 g/mol. The molecule has 1 atom stereocenters. The van der Waals surface area contributed by atoms with Crippen molar-refractivity contribution >= 4 is 6.09 Å². The highest BCUT2D eigenvalue weighted by Gasteiger charge is 2.28. The minimum Gasteiger partial charge on any atom is -0.496 e. The second-order valence-electron chi connectivity index (χ2n) is 4.71. The van der Waals surface area contributed by atoms with E-state index in [1.807, 2.05) is 42.5 Å². The molecule has 2 aromatic rings. The predicted molar refractivity (Wildman–Crippen MR) is 77.8 cm³/mol. The lowest BCUT2D eigenvalue weighted by atomic mass is 9.92. The van der Waals surface area contributed by atoms with E-state index in [4.69, 9.17) is 14.6 Å². The highest BCUT2D eigenvalue weighted by atomic mass is 16.5. The average molecular weight is 285 g/mol. The summed E-state index contributed by atoms with van der Waals surface area (Å²) in [6.07, 6.45) is -1.41. The molecule has 0 saturated heterocycles. The molecule has 0 radical (unpaired) electrons. The number of nitrogens with one attached hydrogen (secondary N) is 1. The molecule has 0 saturated carbocycles. The van der Waals surface area contributed by atoms with Crippen molar-refractivity contribution in [1.82, 2.24) is 5.32 Å². The normalized spacial score (nSPS) is 15.4. The third-order valence-corrected chi connectivity index (χ3v) is 3.49. The van der Waals surface area contributed by atoms with Crippen molar-refractivity contribution in [3.8, 4) is 22.6 Å². The minimum absolute atomic E-state index is 0.197. The molecular formula is C16H15NO4. The average Bonchev–Trinajstić information content (AvgIpc) is 2.51. The van der Waals surface area contributed by atoms with E-state index in [0.29, 0.717) is 5.75 Å². The van der Waals surface area contributed by atoms with E-state index >= 15 is 0 Å². The molecule has 0 bridgehead atoms. The molecule has 0 spiro atoms. The van der Waals surface area contributed by atoms with Crippen LogP contribution < -0.4 is 14.8 Å². The molecule has 0 aliphatic carbocycles. The molecule has 1 amide bonds. The van der Waals surface area contributed by atoms with Crippen LogP contribution in [0.15, 0.2) is 42.5 Å². The largest absolute Gasteiger partial charge is 0.496 e. The summed E-state index contributed by atoms with van der Waals surface area (Å²) in [5.41, 5.74) is 2.86. The SMILES string of the molecule is COc1cccc2c1-c1ccccc1C(CNC(=O)O)O2. The van der Waals surface area contributed by atoms with Crippen molar-refractivity contribution < 1.29 is 19.4 Å². The maximum atomic E-state index is 10.7. The van der Waals surface area contributed by atoms with Crippen LogP contribution in [0.5, 0.6) is 11.5 Å². The first-order chi connectivity index (χ1) is 10.2. The van der Waals surface area contributed by atoms with Gasteiger partial charge in [-0.2, -0.15) is 0 Å². The van der Waals surface area contributed by atoms with Crippen molar-refractivity contribution in [1.29, 1.82) is 0 Å². The third kappa shape index (κ3) is 2.38. The topological polar surface area (TPSA) is 67.8 Å². The summed E-state index contributed by atoms with van der Waals surface area (Å²) in [4.78, 5) is 10.7. The molecule has 1 unspecified atom stereocenters. The molecule has 5 heteroatoms. The van der Waals surface area contributed by atoms with Gasteiger partial charge in [0.15, 0.2) is 0 Å². The summed E-state index contributed by atoms with van der Waals surface area (Å²) < 4.78 is 11.4. The molecule has 5 nitrogen and oxygen atoms in total. The lowest BCUT2D eigenvalue weighted by Crippen LogP contribution is -2.30. The maximum Gasteiger partial charge on any atom is 0.404 e. The van der Waals surface area contributed by atoms with Crippen LogP contribution in [0, 0.1) is 0 Å². The Bertz CT molecular complexity index is 684. The Balaban J connectivity index is 2.07. The van der Waals surface area contributed by atoms with Gasteiger partial charge in [0.05, 0.1) is 19.2 Å². The van der Waals surface area contributed by atoms with Gasteiger partial charge in [-0.3, -0.25) is 0 Å². The third-order valence-electron chi connectivity index (χ3n) is 3.49. The lowest BCUT2D eigenvalue weighted by molar-refractivity contribution is 0.171. The number of hydrogen-bond donors (Lipinski definition) is 2. The van der Waals surface area contributed by atoms with Gasteiger partial charge < -0.3 is 19.9 Å². The van der Waals surface area contributed by atoms with Crippen LogP contribution in [0.3, 0.4) is 0 Å². The fourth-order valence-electron chi connectivity index (χ4n) is 2.60. The van der Waals surface area contributed by atoms with E-state index in [2.05, 4.69) is 5.32 Å². The molecule has 0 fully saturated rings. The highest BCUT2D eigenvalue weighted by molar-refractivity contribution is 5.81. The van der Waals surface area contributed by atoms with Crippen LogP contribution in [0.2, 0.25) is 0 Å². The Hall–Kier alpha value is -2.69. The molecule has 3 rings (SSSR count). The van der Waals surface area contributed by atoms with E-state index in [1.165, 1.54) is 0 Å². The fourth-order valence-corrected chi connectivity index (χ4v) is 2.60. The Morgan fingerprint density at radius 2 is 2.10 bits per heavy atom. The zero-order valence-corrected chi connectivity index (χ0v) is 11.5. The van der Waals surface area contributed by atoms with Crippen LogP contribution >= 0.6 is 0 Å². The molecule has 2 N–H and O–H groups in total. The van der Waals surface area contributed by atoms with Crippen LogP contribution in [-0.4, -0.2) is 24.9 Å². The summed E-state index contributed by atoms with van der Waals surface area (Å²) in [6.45, 7) is 0.197. The van der Waals surface area contributed by atoms with Gasteiger partial charge in [-0.25, -0.2) is 4.79 Å². The minimum atomic E-state index is -1.06.